The first-order chi connectivity index (χ1) is 13.7. The number of ether oxygens (including phenoxy) is 1. The van der Waals surface area contributed by atoms with Gasteiger partial charge in [-0.15, -0.1) is 0 Å². The number of benzene rings is 1. The van der Waals surface area contributed by atoms with Gasteiger partial charge in [0.1, 0.15) is 17.9 Å². The molecule has 2 atom stereocenters. The van der Waals surface area contributed by atoms with E-state index in [9.17, 15) is 9.36 Å². The molecule has 1 aliphatic rings. The number of halogens is 1. The number of anilines is 3. The Labute approximate surface area is 175 Å². The summed E-state index contributed by atoms with van der Waals surface area (Å²) in [5.74, 6) is 0.711. The van der Waals surface area contributed by atoms with Crippen LogP contribution in [0.25, 0.3) is 0 Å². The van der Waals surface area contributed by atoms with E-state index in [2.05, 4.69) is 20.6 Å². The predicted molar refractivity (Wildman–Crippen MR) is 116 cm³/mol. The molecule has 2 unspecified atom stereocenters. The molecule has 29 heavy (non-hydrogen) atoms. The maximum absolute atomic E-state index is 12.3. The van der Waals surface area contributed by atoms with Crippen LogP contribution in [0.15, 0.2) is 24.4 Å². The molecule has 0 bridgehead atoms. The first-order valence-electron chi connectivity index (χ1n) is 9.28. The number of carbonyl (C=O) groups is 1. The van der Waals surface area contributed by atoms with Crippen molar-refractivity contribution in [2.45, 2.75) is 25.3 Å². The summed E-state index contributed by atoms with van der Waals surface area (Å²) in [7, 11) is -0.868. The minimum Gasteiger partial charge on any atom is -0.495 e. The number of rotatable bonds is 7. The van der Waals surface area contributed by atoms with E-state index >= 15 is 0 Å². The summed E-state index contributed by atoms with van der Waals surface area (Å²) in [6.07, 6.45) is 3.98. The van der Waals surface area contributed by atoms with E-state index in [0.717, 1.165) is 24.6 Å². The average Bonchev–Trinajstić information content (AvgIpc) is 3.12. The normalized spacial score (nSPS) is 19.0. The maximum Gasteiger partial charge on any atom is 0.229 e. The van der Waals surface area contributed by atoms with E-state index in [1.807, 2.05) is 0 Å². The molecule has 1 fully saturated rings. The lowest BCUT2D eigenvalue weighted by atomic mass is 10.0. The highest BCUT2D eigenvalue weighted by atomic mass is 35.5. The van der Waals surface area contributed by atoms with Crippen molar-refractivity contribution >= 4 is 47.4 Å². The van der Waals surface area contributed by atoms with Crippen LogP contribution in [0.5, 0.6) is 5.75 Å². The molecule has 3 rings (SSSR count). The van der Waals surface area contributed by atoms with Crippen molar-refractivity contribution in [1.29, 1.82) is 0 Å². The summed E-state index contributed by atoms with van der Waals surface area (Å²) in [5, 5.41) is 7.41. The van der Waals surface area contributed by atoms with Gasteiger partial charge in [0.2, 0.25) is 11.9 Å². The standard InChI is InChI=1S/C19H25ClN5O3P/c1-28-16-9-11(29(2,3)27)7-8-15(16)24-19-22-10-13(20)18(25-19)23-14-6-4-5-12(14)17(21)26/h7-10,12,14H,4-6H2,1-3H3,(H2,21,26)(H2,22,23,24,25). The second-order valence-corrected chi connectivity index (χ2v) is 11.1. The van der Waals surface area contributed by atoms with Crippen LogP contribution in [-0.4, -0.2) is 42.4 Å². The van der Waals surface area contributed by atoms with Crippen LogP contribution in [0.3, 0.4) is 0 Å². The Hall–Kier alpha value is -2.31. The molecule has 0 aliphatic heterocycles. The van der Waals surface area contributed by atoms with Gasteiger partial charge in [0.15, 0.2) is 5.82 Å². The van der Waals surface area contributed by atoms with Gasteiger partial charge in [-0.3, -0.25) is 4.79 Å². The molecule has 10 heteroatoms. The quantitative estimate of drug-likeness (QED) is 0.569. The third-order valence-electron chi connectivity index (χ3n) is 5.00. The Balaban J connectivity index is 1.83. The molecule has 0 spiro atoms. The van der Waals surface area contributed by atoms with Crippen molar-refractivity contribution in [1.82, 2.24) is 9.97 Å². The number of hydrogen-bond donors (Lipinski definition) is 3. The average molecular weight is 438 g/mol. The number of hydrogen-bond acceptors (Lipinski definition) is 7. The summed E-state index contributed by atoms with van der Waals surface area (Å²) in [6.45, 7) is 3.41. The van der Waals surface area contributed by atoms with Crippen molar-refractivity contribution in [3.05, 3.63) is 29.4 Å². The summed E-state index contributed by atoms with van der Waals surface area (Å²) in [4.78, 5) is 20.3. The molecule has 1 aliphatic carbocycles. The highest BCUT2D eigenvalue weighted by Gasteiger charge is 2.32. The topological polar surface area (TPSA) is 119 Å². The zero-order chi connectivity index (χ0) is 21.2. The van der Waals surface area contributed by atoms with Gasteiger partial charge in [-0.25, -0.2) is 4.98 Å². The Morgan fingerprint density at radius 3 is 2.76 bits per heavy atom. The van der Waals surface area contributed by atoms with Gasteiger partial charge in [0.05, 0.1) is 24.9 Å². The Bertz CT molecular complexity index is 965. The number of amides is 1. The fourth-order valence-corrected chi connectivity index (χ4v) is 4.42. The summed E-state index contributed by atoms with van der Waals surface area (Å²) >= 11 is 6.25. The molecule has 156 valence electrons. The van der Waals surface area contributed by atoms with Gasteiger partial charge in [-0.2, -0.15) is 4.98 Å². The molecule has 1 saturated carbocycles. The molecule has 2 aromatic rings. The smallest absolute Gasteiger partial charge is 0.229 e. The molecule has 4 N–H and O–H groups in total. The van der Waals surface area contributed by atoms with E-state index in [-0.39, 0.29) is 17.9 Å². The number of nitrogens with zero attached hydrogens (tertiary/aromatic N) is 2. The lowest BCUT2D eigenvalue weighted by molar-refractivity contribution is -0.121. The van der Waals surface area contributed by atoms with E-state index < -0.39 is 7.14 Å². The minimum atomic E-state index is -2.41. The van der Waals surface area contributed by atoms with Crippen LogP contribution in [-0.2, 0) is 9.36 Å². The molecule has 1 amide bonds. The van der Waals surface area contributed by atoms with Crippen LogP contribution < -0.4 is 26.4 Å². The first-order valence-corrected chi connectivity index (χ1v) is 12.3. The molecule has 1 aromatic carbocycles. The second-order valence-electron chi connectivity index (χ2n) is 7.44. The van der Waals surface area contributed by atoms with Gasteiger partial charge >= 0.3 is 0 Å². The van der Waals surface area contributed by atoms with Gasteiger partial charge in [-0.1, -0.05) is 18.0 Å². The van der Waals surface area contributed by atoms with Crippen LogP contribution in [0, 0.1) is 5.92 Å². The van der Waals surface area contributed by atoms with Crippen molar-refractivity contribution in [2.24, 2.45) is 11.7 Å². The van der Waals surface area contributed by atoms with Crippen molar-refractivity contribution in [3.63, 3.8) is 0 Å². The number of methoxy groups -OCH3 is 1. The number of nitrogens with two attached hydrogens (primary N) is 1. The molecule has 0 radical (unpaired) electrons. The zero-order valence-corrected chi connectivity index (χ0v) is 18.3. The molecule has 8 nitrogen and oxygen atoms in total. The van der Waals surface area contributed by atoms with Crippen LogP contribution in [0.4, 0.5) is 17.5 Å². The van der Waals surface area contributed by atoms with Gasteiger partial charge < -0.3 is 25.7 Å². The molecular formula is C19H25ClN5O3P. The summed E-state index contributed by atoms with van der Waals surface area (Å²) in [6, 6.07) is 5.20. The monoisotopic (exact) mass is 437 g/mol. The van der Waals surface area contributed by atoms with E-state index in [1.165, 1.54) is 6.20 Å². The predicted octanol–water partition coefficient (Wildman–Crippen LogP) is 3.20. The lowest BCUT2D eigenvalue weighted by Gasteiger charge is -2.20. The van der Waals surface area contributed by atoms with Crippen molar-refractivity contribution in [3.8, 4) is 5.75 Å². The van der Waals surface area contributed by atoms with Gasteiger partial charge in [0, 0.05) is 11.3 Å². The highest BCUT2D eigenvalue weighted by Crippen LogP contribution is 2.38. The fraction of sp³-hybridized carbons (Fsp3) is 0.421. The number of primary amides is 1. The molecule has 1 heterocycles. The van der Waals surface area contributed by atoms with Crippen LogP contribution in [0.2, 0.25) is 5.02 Å². The zero-order valence-electron chi connectivity index (χ0n) is 16.6. The van der Waals surface area contributed by atoms with Gasteiger partial charge in [0.25, 0.3) is 0 Å². The summed E-state index contributed by atoms with van der Waals surface area (Å²) < 4.78 is 17.7. The number of aromatic nitrogens is 2. The van der Waals surface area contributed by atoms with Crippen molar-refractivity contribution < 1.29 is 14.1 Å². The SMILES string of the molecule is COc1cc(P(C)(C)=O)ccc1Nc1ncc(Cl)c(NC2CCCC2C(N)=O)n1. The molecule has 0 saturated heterocycles. The third-order valence-corrected chi connectivity index (χ3v) is 6.80. The van der Waals surface area contributed by atoms with Crippen molar-refractivity contribution in [2.75, 3.05) is 31.1 Å². The highest BCUT2D eigenvalue weighted by molar-refractivity contribution is 7.70. The molecular weight excluding hydrogens is 413 g/mol. The summed E-state index contributed by atoms with van der Waals surface area (Å²) in [5.41, 5.74) is 6.13. The van der Waals surface area contributed by atoms with Gasteiger partial charge in [-0.05, 0) is 44.4 Å². The van der Waals surface area contributed by atoms with E-state index in [1.54, 1.807) is 38.6 Å². The largest absolute Gasteiger partial charge is 0.495 e. The number of carbonyl (C=O) groups excluding carboxylic acids is 1. The van der Waals surface area contributed by atoms with Crippen LogP contribution in [0.1, 0.15) is 19.3 Å². The molecule has 1 aromatic heterocycles. The Kier molecular flexibility index (Phi) is 6.34. The minimum absolute atomic E-state index is 0.107. The first kappa shape index (κ1) is 21.4. The lowest BCUT2D eigenvalue weighted by Crippen LogP contribution is -2.34. The number of nitrogens with one attached hydrogen (secondary N) is 2. The maximum atomic E-state index is 12.3. The Morgan fingerprint density at radius 1 is 1.34 bits per heavy atom. The van der Waals surface area contributed by atoms with Crippen LogP contribution >= 0.6 is 18.7 Å². The fourth-order valence-electron chi connectivity index (χ4n) is 3.42. The van der Waals surface area contributed by atoms with E-state index in [0.29, 0.717) is 28.2 Å². The second kappa shape index (κ2) is 8.59. The Morgan fingerprint density at radius 2 is 2.10 bits per heavy atom. The van der Waals surface area contributed by atoms with E-state index in [4.69, 9.17) is 22.1 Å². The third kappa shape index (κ3) is 5.00.